The Hall–Kier alpha value is -0.0800. The molecule has 1 aliphatic rings. The lowest BCUT2D eigenvalue weighted by Crippen LogP contribution is -2.46. The van der Waals surface area contributed by atoms with Gasteiger partial charge in [0.2, 0.25) is 0 Å². The van der Waals surface area contributed by atoms with Crippen LogP contribution in [-0.2, 0) is 0 Å². The van der Waals surface area contributed by atoms with Crippen LogP contribution in [0.3, 0.4) is 0 Å². The summed E-state index contributed by atoms with van der Waals surface area (Å²) in [7, 11) is 0. The Kier molecular flexibility index (Phi) is 6.37. The monoisotopic (exact) mass is 226 g/mol. The van der Waals surface area contributed by atoms with E-state index in [1.54, 1.807) is 0 Å². The first-order valence-corrected chi connectivity index (χ1v) is 7.21. The van der Waals surface area contributed by atoms with Gasteiger partial charge in [0.25, 0.3) is 0 Å². The van der Waals surface area contributed by atoms with Gasteiger partial charge >= 0.3 is 0 Å². The Morgan fingerprint density at radius 2 is 1.75 bits per heavy atom. The predicted octanol–water partition coefficient (Wildman–Crippen LogP) is 3.03. The van der Waals surface area contributed by atoms with Crippen LogP contribution in [0.2, 0.25) is 0 Å². The van der Waals surface area contributed by atoms with Gasteiger partial charge in [0.15, 0.2) is 0 Å². The van der Waals surface area contributed by atoms with Gasteiger partial charge in [-0.05, 0) is 52.1 Å². The molecule has 1 rings (SSSR count). The molecule has 0 amide bonds. The molecular formula is C14H30N2. The fraction of sp³-hybridized carbons (Fsp3) is 1.00. The first-order valence-electron chi connectivity index (χ1n) is 7.21. The first-order chi connectivity index (χ1) is 7.71. The van der Waals surface area contributed by atoms with Crippen LogP contribution in [0.4, 0.5) is 0 Å². The minimum Gasteiger partial charge on any atom is -0.311 e. The average Bonchev–Trinajstić information content (AvgIpc) is 2.28. The highest BCUT2D eigenvalue weighted by atomic mass is 15.2. The Labute approximate surface area is 102 Å². The van der Waals surface area contributed by atoms with Crippen LogP contribution in [0, 0.1) is 0 Å². The summed E-state index contributed by atoms with van der Waals surface area (Å²) in [5.74, 6) is 0. The zero-order chi connectivity index (χ0) is 12.0. The van der Waals surface area contributed by atoms with Crippen LogP contribution >= 0.6 is 0 Å². The second kappa shape index (κ2) is 7.29. The summed E-state index contributed by atoms with van der Waals surface area (Å²) in [6.07, 6.45) is 6.48. The van der Waals surface area contributed by atoms with E-state index in [9.17, 15) is 0 Å². The molecule has 0 spiro atoms. The van der Waals surface area contributed by atoms with Crippen molar-refractivity contribution in [3.63, 3.8) is 0 Å². The van der Waals surface area contributed by atoms with E-state index in [-0.39, 0.29) is 0 Å². The quantitative estimate of drug-likeness (QED) is 0.792. The normalized spacial score (nSPS) is 29.1. The highest BCUT2D eigenvalue weighted by Crippen LogP contribution is 2.15. The minimum absolute atomic E-state index is 0.683. The van der Waals surface area contributed by atoms with Crippen LogP contribution in [0.1, 0.15) is 59.8 Å². The molecule has 0 radical (unpaired) electrons. The van der Waals surface area contributed by atoms with Crippen molar-refractivity contribution in [2.75, 3.05) is 13.1 Å². The molecule has 2 heteroatoms. The van der Waals surface area contributed by atoms with Crippen molar-refractivity contribution in [2.24, 2.45) is 0 Å². The molecule has 0 aromatic rings. The molecule has 96 valence electrons. The second-order valence-corrected chi connectivity index (χ2v) is 5.26. The molecule has 0 saturated carbocycles. The first kappa shape index (κ1) is 14.0. The van der Waals surface area contributed by atoms with Crippen molar-refractivity contribution in [3.8, 4) is 0 Å². The maximum Gasteiger partial charge on any atom is 0.00900 e. The third-order valence-corrected chi connectivity index (χ3v) is 4.09. The van der Waals surface area contributed by atoms with Gasteiger partial charge in [-0.25, -0.2) is 0 Å². The number of nitrogens with zero attached hydrogens (tertiary/aromatic N) is 1. The Morgan fingerprint density at radius 3 is 2.31 bits per heavy atom. The van der Waals surface area contributed by atoms with E-state index in [2.05, 4.69) is 37.9 Å². The molecule has 0 aromatic heterocycles. The van der Waals surface area contributed by atoms with E-state index < -0.39 is 0 Å². The number of rotatable bonds is 4. The summed E-state index contributed by atoms with van der Waals surface area (Å²) in [5.41, 5.74) is 0. The smallest absolute Gasteiger partial charge is 0.00900 e. The molecule has 1 heterocycles. The summed E-state index contributed by atoms with van der Waals surface area (Å²) >= 11 is 0. The fourth-order valence-corrected chi connectivity index (χ4v) is 2.85. The van der Waals surface area contributed by atoms with Gasteiger partial charge in [-0.2, -0.15) is 0 Å². The molecule has 16 heavy (non-hydrogen) atoms. The fourth-order valence-electron chi connectivity index (χ4n) is 2.85. The zero-order valence-electron chi connectivity index (χ0n) is 11.6. The van der Waals surface area contributed by atoms with E-state index in [1.165, 1.54) is 45.2 Å². The van der Waals surface area contributed by atoms with Crippen molar-refractivity contribution in [3.05, 3.63) is 0 Å². The molecule has 1 N–H and O–H groups in total. The molecular weight excluding hydrogens is 196 g/mol. The van der Waals surface area contributed by atoms with Gasteiger partial charge in [-0.15, -0.1) is 0 Å². The molecule has 1 fully saturated rings. The summed E-state index contributed by atoms with van der Waals surface area (Å²) in [5, 5.41) is 3.74. The highest BCUT2D eigenvalue weighted by molar-refractivity contribution is 4.79. The number of hydrogen-bond donors (Lipinski definition) is 1. The van der Waals surface area contributed by atoms with E-state index in [0.717, 1.165) is 12.1 Å². The number of hydrogen-bond acceptors (Lipinski definition) is 2. The van der Waals surface area contributed by atoms with Gasteiger partial charge in [0, 0.05) is 18.1 Å². The lowest BCUT2D eigenvalue weighted by Gasteiger charge is -2.36. The summed E-state index contributed by atoms with van der Waals surface area (Å²) in [6.45, 7) is 11.8. The summed E-state index contributed by atoms with van der Waals surface area (Å²) < 4.78 is 0. The van der Waals surface area contributed by atoms with Crippen LogP contribution in [0.25, 0.3) is 0 Å². The summed E-state index contributed by atoms with van der Waals surface area (Å²) in [6, 6.07) is 2.22. The third kappa shape index (κ3) is 4.06. The molecule has 0 aliphatic carbocycles. The SMILES string of the molecule is CCC1CCN(C(CC)CC)CCC(C)N1. The van der Waals surface area contributed by atoms with Crippen LogP contribution in [0.5, 0.6) is 0 Å². The van der Waals surface area contributed by atoms with Crippen molar-refractivity contribution in [2.45, 2.75) is 77.9 Å². The van der Waals surface area contributed by atoms with Crippen LogP contribution < -0.4 is 5.32 Å². The lowest BCUT2D eigenvalue weighted by molar-refractivity contribution is 0.151. The minimum atomic E-state index is 0.683. The molecule has 0 bridgehead atoms. The van der Waals surface area contributed by atoms with E-state index >= 15 is 0 Å². The van der Waals surface area contributed by atoms with E-state index in [1.807, 2.05) is 0 Å². The standard InChI is InChI=1S/C14H30N2/c1-5-13-9-11-16(14(6-2)7-3)10-8-12(4)15-13/h12-15H,5-11H2,1-4H3. The van der Waals surface area contributed by atoms with Crippen LogP contribution in [-0.4, -0.2) is 36.1 Å². The van der Waals surface area contributed by atoms with E-state index in [0.29, 0.717) is 6.04 Å². The molecule has 2 nitrogen and oxygen atoms in total. The lowest BCUT2D eigenvalue weighted by atomic mass is 10.0. The second-order valence-electron chi connectivity index (χ2n) is 5.26. The van der Waals surface area contributed by atoms with Gasteiger partial charge in [0.1, 0.15) is 0 Å². The predicted molar refractivity (Wildman–Crippen MR) is 71.9 cm³/mol. The Balaban J connectivity index is 2.52. The molecule has 1 aliphatic heterocycles. The van der Waals surface area contributed by atoms with Crippen molar-refractivity contribution < 1.29 is 0 Å². The van der Waals surface area contributed by atoms with Crippen molar-refractivity contribution >= 4 is 0 Å². The molecule has 2 unspecified atom stereocenters. The Bertz CT molecular complexity index is 178. The third-order valence-electron chi connectivity index (χ3n) is 4.09. The van der Waals surface area contributed by atoms with Gasteiger partial charge in [-0.1, -0.05) is 20.8 Å². The van der Waals surface area contributed by atoms with Gasteiger partial charge < -0.3 is 10.2 Å². The highest BCUT2D eigenvalue weighted by Gasteiger charge is 2.21. The van der Waals surface area contributed by atoms with Crippen molar-refractivity contribution in [1.29, 1.82) is 0 Å². The van der Waals surface area contributed by atoms with Crippen LogP contribution in [0.15, 0.2) is 0 Å². The zero-order valence-corrected chi connectivity index (χ0v) is 11.6. The van der Waals surface area contributed by atoms with Crippen molar-refractivity contribution in [1.82, 2.24) is 10.2 Å². The summed E-state index contributed by atoms with van der Waals surface area (Å²) in [4.78, 5) is 2.72. The molecule has 2 atom stereocenters. The van der Waals surface area contributed by atoms with E-state index in [4.69, 9.17) is 0 Å². The Morgan fingerprint density at radius 1 is 1.12 bits per heavy atom. The number of nitrogens with one attached hydrogen (secondary N) is 1. The average molecular weight is 226 g/mol. The van der Waals surface area contributed by atoms with Gasteiger partial charge in [0.05, 0.1) is 0 Å². The molecule has 1 saturated heterocycles. The molecule has 0 aromatic carbocycles. The topological polar surface area (TPSA) is 15.3 Å². The van der Waals surface area contributed by atoms with Gasteiger partial charge in [-0.3, -0.25) is 0 Å². The maximum absolute atomic E-state index is 3.74. The maximum atomic E-state index is 3.74. The largest absolute Gasteiger partial charge is 0.311 e.